The molecule has 15 heteroatoms. The summed E-state index contributed by atoms with van der Waals surface area (Å²) in [5.41, 5.74) is -3.88. The molecule has 0 unspecified atom stereocenters. The maximum Gasteiger partial charge on any atom is 0.410 e. The summed E-state index contributed by atoms with van der Waals surface area (Å²) in [7, 11) is 6.96. The third-order valence-corrected chi connectivity index (χ3v) is 12.7. The maximum absolute atomic E-state index is 15.2. The summed E-state index contributed by atoms with van der Waals surface area (Å²) in [6.45, 7) is 11.1. The van der Waals surface area contributed by atoms with Gasteiger partial charge in [-0.2, -0.15) is 0 Å². The fourth-order valence-electron chi connectivity index (χ4n) is 9.69. The Kier molecular flexibility index (Phi) is 11.0. The molecule has 3 N–H and O–H groups in total. The number of carbonyl (C=O) groups is 5. The van der Waals surface area contributed by atoms with Gasteiger partial charge >= 0.3 is 18.2 Å². The summed E-state index contributed by atoms with van der Waals surface area (Å²) in [5, 5.41) is 27.9. The van der Waals surface area contributed by atoms with Crippen LogP contribution in [0.1, 0.15) is 66.0 Å². The number of rotatable bonds is 9. The van der Waals surface area contributed by atoms with Gasteiger partial charge in [-0.15, -0.1) is 0 Å². The van der Waals surface area contributed by atoms with Gasteiger partial charge in [-0.25, -0.2) is 14.4 Å². The lowest BCUT2D eigenvalue weighted by molar-refractivity contribution is -0.302. The van der Waals surface area contributed by atoms with Crippen molar-refractivity contribution in [2.45, 2.75) is 96.5 Å². The second kappa shape index (κ2) is 14.5. The monoisotopic (exact) mass is 738 g/mol. The number of aliphatic hydroxyl groups excluding tert-OH is 1. The minimum atomic E-state index is -1.71. The van der Waals surface area contributed by atoms with Gasteiger partial charge in [0.25, 0.3) is 7.41 Å². The van der Waals surface area contributed by atoms with Crippen molar-refractivity contribution < 1.29 is 53.1 Å². The van der Waals surface area contributed by atoms with Crippen molar-refractivity contribution in [2.75, 3.05) is 34.8 Å². The normalized spacial score (nSPS) is 35.4. The minimum Gasteiger partial charge on any atom is -0.455 e. The lowest BCUT2D eigenvalue weighted by Crippen LogP contribution is -2.75. The van der Waals surface area contributed by atoms with Crippen LogP contribution in [0.4, 0.5) is 9.59 Å². The van der Waals surface area contributed by atoms with E-state index in [1.807, 2.05) is 13.8 Å². The van der Waals surface area contributed by atoms with Crippen LogP contribution in [0.3, 0.4) is 0 Å². The predicted octanol–water partition coefficient (Wildman–Crippen LogP) is 2.66. The van der Waals surface area contributed by atoms with Gasteiger partial charge in [0.05, 0.1) is 42.1 Å². The highest BCUT2D eigenvalue weighted by molar-refractivity contribution is 6.64. The molecule has 3 fully saturated rings. The summed E-state index contributed by atoms with van der Waals surface area (Å²) in [5.74, 6) is -2.83. The molecule has 11 atom stereocenters. The Balaban J connectivity index is 1.68. The molecule has 1 aromatic rings. The van der Waals surface area contributed by atoms with Crippen molar-refractivity contribution >= 4 is 37.5 Å². The molecular formula is C38H53BN3O11. The van der Waals surface area contributed by atoms with Gasteiger partial charge < -0.3 is 49.0 Å². The molecule has 5 rings (SSSR count). The van der Waals surface area contributed by atoms with E-state index in [9.17, 15) is 29.4 Å². The predicted molar refractivity (Wildman–Crippen MR) is 193 cm³/mol. The summed E-state index contributed by atoms with van der Waals surface area (Å²) < 4.78 is 23.9. The number of ether oxygens (including phenoxy) is 4. The molecule has 289 valence electrons. The van der Waals surface area contributed by atoms with Gasteiger partial charge in [-0.1, -0.05) is 58.0 Å². The van der Waals surface area contributed by atoms with E-state index in [4.69, 9.17) is 18.9 Å². The number of Topliss-reactive ketones (excluding diaryl/α,β-unsaturated/α-hetero) is 1. The highest BCUT2D eigenvalue weighted by Gasteiger charge is 2.73. The Bertz CT molecular complexity index is 1650. The first kappa shape index (κ1) is 40.4. The Hall–Kier alpha value is -3.79. The van der Waals surface area contributed by atoms with Crippen molar-refractivity contribution in [2.24, 2.45) is 28.1 Å². The van der Waals surface area contributed by atoms with E-state index in [1.54, 1.807) is 58.0 Å². The molecule has 1 heterocycles. The molecule has 14 nitrogen and oxygen atoms in total. The number of aliphatic hydroxyl groups is 2. The van der Waals surface area contributed by atoms with Crippen molar-refractivity contribution in [3.05, 3.63) is 47.0 Å². The number of hydrogen-bond acceptors (Lipinski definition) is 12. The number of esters is 1. The number of carbonyl (C=O) groups excluding carboxylic acids is 5. The topological polar surface area (TPSA) is 181 Å². The van der Waals surface area contributed by atoms with Gasteiger partial charge in [0.15, 0.2) is 11.9 Å². The van der Waals surface area contributed by atoms with Crippen LogP contribution in [0.5, 0.6) is 0 Å². The summed E-state index contributed by atoms with van der Waals surface area (Å²) in [6.07, 6.45) is -7.00. The third kappa shape index (κ3) is 6.46. The first-order valence-corrected chi connectivity index (χ1v) is 18.0. The van der Waals surface area contributed by atoms with Gasteiger partial charge in [0.2, 0.25) is 6.10 Å². The standard InChI is InChI=1S/C38H53BN3O11/c1-20-23(51-32(46)29(53-34(48)42(9)10)27(40-39-19-43)22-14-12-11-13-15-22)17-38(49)21(2)30-36(5)18-50-25(36)16-24(44)37(30,6)31(45)28(26(20)35(38,3)4)52-33(47)41(7)8/h11-15,19,21,23-25,27-30,40,44,49H,16-18H2,1-10H3/t21-,23-,24-,25+,27-,28+,29+,30+,36+,37+,38+/m0/s1. The zero-order chi connectivity index (χ0) is 39.4. The first-order valence-electron chi connectivity index (χ1n) is 18.0. The zero-order valence-corrected chi connectivity index (χ0v) is 32.2. The molecule has 2 saturated carbocycles. The fraction of sp³-hybridized carbons (Fsp3) is 0.658. The first-order chi connectivity index (χ1) is 24.7. The second-order valence-corrected chi connectivity index (χ2v) is 16.5. The summed E-state index contributed by atoms with van der Waals surface area (Å²) in [6, 6.07) is 7.55. The van der Waals surface area contributed by atoms with Gasteiger partial charge in [-0.05, 0) is 42.4 Å². The van der Waals surface area contributed by atoms with Crippen molar-refractivity contribution in [1.29, 1.82) is 0 Å². The van der Waals surface area contributed by atoms with Gasteiger partial charge in [0, 0.05) is 51.9 Å². The quantitative estimate of drug-likeness (QED) is 0.111. The lowest BCUT2D eigenvalue weighted by Gasteiger charge is -2.68. The number of hydrogen-bond donors (Lipinski definition) is 3. The average Bonchev–Trinajstić information content (AvgIpc) is 3.10. The number of nitrogens with zero attached hydrogens (tertiary/aromatic N) is 2. The average molecular weight is 739 g/mol. The molecule has 53 heavy (non-hydrogen) atoms. The fourth-order valence-corrected chi connectivity index (χ4v) is 9.69. The number of ketones is 1. The van der Waals surface area contributed by atoms with Crippen molar-refractivity contribution in [1.82, 2.24) is 15.0 Å². The molecule has 0 spiro atoms. The molecule has 3 aliphatic carbocycles. The smallest absolute Gasteiger partial charge is 0.410 e. The Morgan fingerprint density at radius 2 is 1.66 bits per heavy atom. The lowest BCUT2D eigenvalue weighted by atomic mass is 9.40. The number of nitrogens with one attached hydrogen (secondary N) is 1. The molecule has 2 bridgehead atoms. The molecule has 1 saturated heterocycles. The zero-order valence-electron chi connectivity index (χ0n) is 32.2. The van der Waals surface area contributed by atoms with Crippen LogP contribution >= 0.6 is 0 Å². The molecule has 1 radical (unpaired) electrons. The van der Waals surface area contributed by atoms with Crippen LogP contribution < -0.4 is 5.23 Å². The van der Waals surface area contributed by atoms with Gasteiger partial charge in [0.1, 0.15) is 6.10 Å². The van der Waals surface area contributed by atoms with Gasteiger partial charge in [-0.3, -0.25) is 4.79 Å². The highest BCUT2D eigenvalue weighted by Crippen LogP contribution is 2.67. The number of benzene rings is 1. The van der Waals surface area contributed by atoms with Crippen LogP contribution in [0.2, 0.25) is 0 Å². The molecule has 0 aromatic heterocycles. The molecule has 1 aliphatic heterocycles. The van der Waals surface area contributed by atoms with E-state index in [-0.39, 0.29) is 24.5 Å². The molecule has 2 amide bonds. The van der Waals surface area contributed by atoms with Crippen LogP contribution in [0.15, 0.2) is 41.5 Å². The summed E-state index contributed by atoms with van der Waals surface area (Å²) >= 11 is 0. The summed E-state index contributed by atoms with van der Waals surface area (Å²) in [4.78, 5) is 69.7. The Morgan fingerprint density at radius 3 is 2.21 bits per heavy atom. The molecular weight excluding hydrogens is 685 g/mol. The SMILES string of the molecule is CC1=C2[C@@H](OC(=O)N(C)C)C(=O)[C@@]3(C)[C@H]([C@H](C)[C@](O)(C[C@@H]1OC(=O)[C@H](OC(=O)N(C)C)[C@@H](N[B]C=O)c1ccccc1)C2(C)C)[C@]1(C)CO[C@@H]1C[C@@H]3O. The van der Waals surface area contributed by atoms with E-state index in [0.29, 0.717) is 23.9 Å². The number of fused-ring (bicyclic) bond motifs is 5. The second-order valence-electron chi connectivity index (χ2n) is 16.5. The van der Waals surface area contributed by atoms with E-state index in [1.165, 1.54) is 33.1 Å². The van der Waals surface area contributed by atoms with E-state index in [0.717, 1.165) is 12.3 Å². The Morgan fingerprint density at radius 1 is 1.04 bits per heavy atom. The largest absolute Gasteiger partial charge is 0.455 e. The number of amides is 2. The molecule has 1 aromatic carbocycles. The van der Waals surface area contributed by atoms with Crippen LogP contribution in [0.25, 0.3) is 0 Å². The minimum absolute atomic E-state index is 0.132. The highest BCUT2D eigenvalue weighted by atomic mass is 16.6. The third-order valence-electron chi connectivity index (χ3n) is 12.7. The van der Waals surface area contributed by atoms with E-state index >= 15 is 4.79 Å². The maximum atomic E-state index is 15.2. The van der Waals surface area contributed by atoms with Crippen molar-refractivity contribution in [3.8, 4) is 0 Å². The molecule has 4 aliphatic rings. The van der Waals surface area contributed by atoms with E-state index in [2.05, 4.69) is 5.23 Å². The Labute approximate surface area is 311 Å². The van der Waals surface area contributed by atoms with E-state index < -0.39 is 88.1 Å². The van der Waals surface area contributed by atoms with Crippen LogP contribution in [0, 0.1) is 28.1 Å². The van der Waals surface area contributed by atoms with Crippen LogP contribution in [-0.2, 0) is 33.3 Å². The van der Waals surface area contributed by atoms with Crippen molar-refractivity contribution in [3.63, 3.8) is 0 Å². The van der Waals surface area contributed by atoms with Crippen LogP contribution in [-0.4, -0.2) is 128 Å².